The molecule has 0 N–H and O–H groups in total. The van der Waals surface area contributed by atoms with Crippen molar-refractivity contribution >= 4 is 0 Å². The maximum Gasteiger partial charge on any atom is 0.406 e. The van der Waals surface area contributed by atoms with Gasteiger partial charge in [0.15, 0.2) is 0 Å². The van der Waals surface area contributed by atoms with Crippen LogP contribution in [0.4, 0.5) is 13.2 Å². The maximum atomic E-state index is 12.5. The van der Waals surface area contributed by atoms with Crippen molar-refractivity contribution in [2.75, 3.05) is 7.11 Å². The minimum absolute atomic E-state index is 0.311. The summed E-state index contributed by atoms with van der Waals surface area (Å²) >= 11 is 0. The molecule has 2 rings (SSSR count). The molecule has 0 amide bonds. The Morgan fingerprint density at radius 3 is 2.50 bits per heavy atom. The zero-order valence-electron chi connectivity index (χ0n) is 11.5. The molecular formula is C14H15F3N2O. The van der Waals surface area contributed by atoms with Crippen LogP contribution in [-0.4, -0.2) is 22.8 Å². The number of aryl methyl sites for hydroxylation is 2. The molecule has 6 heteroatoms. The molecule has 0 saturated carbocycles. The zero-order chi connectivity index (χ0) is 14.9. The molecule has 0 bridgehead atoms. The first-order valence-electron chi connectivity index (χ1n) is 6.05. The highest BCUT2D eigenvalue weighted by molar-refractivity contribution is 5.64. The molecule has 0 saturated heterocycles. The first kappa shape index (κ1) is 14.4. The summed E-state index contributed by atoms with van der Waals surface area (Å²) in [5.41, 5.74) is 2.36. The topological polar surface area (TPSA) is 27.1 Å². The fraction of sp³-hybridized carbons (Fsp3) is 0.357. The minimum atomic E-state index is -4.27. The first-order chi connectivity index (χ1) is 9.31. The summed E-state index contributed by atoms with van der Waals surface area (Å²) in [5.74, 6) is 1.02. The lowest BCUT2D eigenvalue weighted by Crippen LogP contribution is -2.18. The third kappa shape index (κ3) is 2.95. The Morgan fingerprint density at radius 1 is 1.20 bits per heavy atom. The number of hydrogen-bond donors (Lipinski definition) is 0. The number of benzene rings is 1. The number of hydrogen-bond acceptors (Lipinski definition) is 2. The molecule has 20 heavy (non-hydrogen) atoms. The highest BCUT2D eigenvalue weighted by atomic mass is 19.4. The molecule has 0 unspecified atom stereocenters. The summed E-state index contributed by atoms with van der Waals surface area (Å²) in [6, 6.07) is 3.60. The molecule has 1 heterocycles. The second-order valence-corrected chi connectivity index (χ2v) is 4.63. The summed E-state index contributed by atoms with van der Waals surface area (Å²) in [4.78, 5) is 4.05. The maximum absolute atomic E-state index is 12.5. The van der Waals surface area contributed by atoms with Gasteiger partial charge in [0, 0.05) is 18.0 Å². The van der Waals surface area contributed by atoms with Crippen molar-refractivity contribution in [3.05, 3.63) is 35.7 Å². The molecule has 1 aromatic carbocycles. The molecule has 0 aliphatic rings. The van der Waals surface area contributed by atoms with Crippen molar-refractivity contribution in [2.24, 2.45) is 0 Å². The average Bonchev–Trinajstić information content (AvgIpc) is 2.77. The normalized spacial score (nSPS) is 11.7. The number of aromatic nitrogens is 2. The van der Waals surface area contributed by atoms with E-state index in [1.807, 2.05) is 13.8 Å². The number of alkyl halides is 3. The van der Waals surface area contributed by atoms with Gasteiger partial charge in [0.25, 0.3) is 0 Å². The van der Waals surface area contributed by atoms with Gasteiger partial charge < -0.3 is 9.30 Å². The summed E-state index contributed by atoms with van der Waals surface area (Å²) in [7, 11) is 1.56. The van der Waals surface area contributed by atoms with E-state index in [-0.39, 0.29) is 0 Å². The van der Waals surface area contributed by atoms with E-state index in [1.165, 1.54) is 12.4 Å². The van der Waals surface area contributed by atoms with Crippen LogP contribution in [0, 0.1) is 13.8 Å². The van der Waals surface area contributed by atoms with Crippen LogP contribution in [0.3, 0.4) is 0 Å². The first-order valence-corrected chi connectivity index (χ1v) is 6.05. The van der Waals surface area contributed by atoms with Crippen LogP contribution in [-0.2, 0) is 6.54 Å². The van der Waals surface area contributed by atoms with E-state index >= 15 is 0 Å². The molecular weight excluding hydrogens is 269 g/mol. The van der Waals surface area contributed by atoms with E-state index in [0.29, 0.717) is 17.1 Å². The Bertz CT molecular complexity index is 617. The molecule has 0 spiro atoms. The Morgan fingerprint density at radius 2 is 1.90 bits per heavy atom. The van der Waals surface area contributed by atoms with Gasteiger partial charge in [-0.25, -0.2) is 4.98 Å². The second kappa shape index (κ2) is 5.19. The third-order valence-electron chi connectivity index (χ3n) is 3.05. The molecule has 2 aromatic rings. The van der Waals surface area contributed by atoms with Crippen molar-refractivity contribution in [3.63, 3.8) is 0 Å². The van der Waals surface area contributed by atoms with E-state index in [9.17, 15) is 13.2 Å². The van der Waals surface area contributed by atoms with Gasteiger partial charge in [-0.3, -0.25) is 0 Å². The van der Waals surface area contributed by atoms with Gasteiger partial charge in [0.1, 0.15) is 18.1 Å². The van der Waals surface area contributed by atoms with Gasteiger partial charge in [-0.2, -0.15) is 13.2 Å². The van der Waals surface area contributed by atoms with Crippen molar-refractivity contribution in [1.82, 2.24) is 9.55 Å². The fourth-order valence-corrected chi connectivity index (χ4v) is 2.12. The van der Waals surface area contributed by atoms with Crippen molar-refractivity contribution in [3.8, 4) is 17.1 Å². The molecule has 0 radical (unpaired) electrons. The van der Waals surface area contributed by atoms with Crippen LogP contribution >= 0.6 is 0 Å². The molecule has 3 nitrogen and oxygen atoms in total. The quantitative estimate of drug-likeness (QED) is 0.858. The number of imidazole rings is 1. The summed E-state index contributed by atoms with van der Waals surface area (Å²) in [5, 5.41) is 0. The lowest BCUT2D eigenvalue weighted by Gasteiger charge is -2.14. The number of methoxy groups -OCH3 is 1. The average molecular weight is 284 g/mol. The van der Waals surface area contributed by atoms with Gasteiger partial charge >= 0.3 is 6.18 Å². The Balaban J connectivity index is 2.48. The largest absolute Gasteiger partial charge is 0.496 e. The van der Waals surface area contributed by atoms with Crippen LogP contribution in [0.2, 0.25) is 0 Å². The Kier molecular flexibility index (Phi) is 3.74. The van der Waals surface area contributed by atoms with Crippen LogP contribution in [0.1, 0.15) is 11.1 Å². The van der Waals surface area contributed by atoms with Crippen molar-refractivity contribution in [2.45, 2.75) is 26.6 Å². The van der Waals surface area contributed by atoms with E-state index in [4.69, 9.17) is 4.74 Å². The summed E-state index contributed by atoms with van der Waals surface area (Å²) in [6.45, 7) is 2.62. The standard InChI is InChI=1S/C14H15F3N2O/c1-9-7-12(20-3)10(2)6-11(9)13-18-4-5-19(13)8-14(15,16)17/h4-7H,8H2,1-3H3. The lowest BCUT2D eigenvalue weighted by molar-refractivity contribution is -0.140. The lowest BCUT2D eigenvalue weighted by atomic mass is 10.0. The van der Waals surface area contributed by atoms with Crippen LogP contribution in [0.25, 0.3) is 11.4 Å². The molecule has 1 aromatic heterocycles. The smallest absolute Gasteiger partial charge is 0.406 e. The van der Waals surface area contributed by atoms with Crippen molar-refractivity contribution in [1.29, 1.82) is 0 Å². The highest BCUT2D eigenvalue weighted by Gasteiger charge is 2.29. The second-order valence-electron chi connectivity index (χ2n) is 4.63. The number of rotatable bonds is 3. The van der Waals surface area contributed by atoms with E-state index in [1.54, 1.807) is 19.2 Å². The van der Waals surface area contributed by atoms with Crippen molar-refractivity contribution < 1.29 is 17.9 Å². The molecule has 108 valence electrons. The molecule has 0 aliphatic carbocycles. The van der Waals surface area contributed by atoms with E-state index < -0.39 is 12.7 Å². The predicted octanol–water partition coefficient (Wildman–Crippen LogP) is 3.74. The molecule has 0 aliphatic heterocycles. The number of nitrogens with zero attached hydrogens (tertiary/aromatic N) is 2. The summed E-state index contributed by atoms with van der Waals surface area (Å²) in [6.07, 6.45) is -1.56. The van der Waals surface area contributed by atoms with Gasteiger partial charge in [0.05, 0.1) is 7.11 Å². The summed E-state index contributed by atoms with van der Waals surface area (Å²) < 4.78 is 43.9. The monoisotopic (exact) mass is 284 g/mol. The Labute approximate surface area is 115 Å². The highest BCUT2D eigenvalue weighted by Crippen LogP contribution is 2.30. The van der Waals surface area contributed by atoms with Crippen LogP contribution < -0.4 is 4.74 Å². The SMILES string of the molecule is COc1cc(C)c(-c2nccn2CC(F)(F)F)cc1C. The zero-order valence-corrected chi connectivity index (χ0v) is 11.5. The predicted molar refractivity (Wildman–Crippen MR) is 69.7 cm³/mol. The number of ether oxygens (including phenoxy) is 1. The number of halogens is 3. The van der Waals surface area contributed by atoms with E-state index in [0.717, 1.165) is 15.7 Å². The van der Waals surface area contributed by atoms with Gasteiger partial charge in [-0.05, 0) is 37.1 Å². The van der Waals surface area contributed by atoms with Gasteiger partial charge in [-0.15, -0.1) is 0 Å². The third-order valence-corrected chi connectivity index (χ3v) is 3.05. The Hall–Kier alpha value is -1.98. The van der Waals surface area contributed by atoms with Gasteiger partial charge in [-0.1, -0.05) is 0 Å². The van der Waals surface area contributed by atoms with Crippen LogP contribution in [0.15, 0.2) is 24.5 Å². The van der Waals surface area contributed by atoms with Gasteiger partial charge in [0.2, 0.25) is 0 Å². The molecule has 0 fully saturated rings. The fourth-order valence-electron chi connectivity index (χ4n) is 2.12. The van der Waals surface area contributed by atoms with E-state index in [2.05, 4.69) is 4.98 Å². The van der Waals surface area contributed by atoms with Crippen LogP contribution in [0.5, 0.6) is 5.75 Å². The molecule has 0 atom stereocenters. The minimum Gasteiger partial charge on any atom is -0.496 e.